The van der Waals surface area contributed by atoms with Crippen molar-refractivity contribution in [3.8, 4) is 17.0 Å². The lowest BCUT2D eigenvalue weighted by Gasteiger charge is -2.29. The number of ether oxygens (including phenoxy) is 1. The molecule has 2 aromatic heterocycles. The van der Waals surface area contributed by atoms with E-state index < -0.39 is 0 Å². The first-order valence-corrected chi connectivity index (χ1v) is 10.6. The molecule has 1 aliphatic carbocycles. The first-order valence-electron chi connectivity index (χ1n) is 10.6. The second-order valence-electron chi connectivity index (χ2n) is 8.05. The fourth-order valence-corrected chi connectivity index (χ4v) is 4.37. The zero-order valence-electron chi connectivity index (χ0n) is 16.8. The molecule has 1 saturated carbocycles. The van der Waals surface area contributed by atoms with Gasteiger partial charge in [-0.3, -0.25) is 19.4 Å². The van der Waals surface area contributed by atoms with Crippen LogP contribution in [0, 0.1) is 0 Å². The molecule has 2 aliphatic rings. The van der Waals surface area contributed by atoms with Crippen LogP contribution in [0.5, 0.6) is 5.75 Å². The van der Waals surface area contributed by atoms with Crippen LogP contribution in [0.15, 0.2) is 49.2 Å². The van der Waals surface area contributed by atoms with Crippen molar-refractivity contribution in [1.29, 1.82) is 0 Å². The number of amides is 1. The van der Waals surface area contributed by atoms with Gasteiger partial charge in [0.05, 0.1) is 30.7 Å². The summed E-state index contributed by atoms with van der Waals surface area (Å²) in [4.78, 5) is 21.2. The summed E-state index contributed by atoms with van der Waals surface area (Å²) >= 11 is 0. The Morgan fingerprint density at radius 1 is 1.13 bits per heavy atom. The molecule has 0 saturated heterocycles. The first-order chi connectivity index (χ1) is 14.8. The van der Waals surface area contributed by atoms with Gasteiger partial charge in [0, 0.05) is 35.8 Å². The summed E-state index contributed by atoms with van der Waals surface area (Å²) in [7, 11) is 0. The lowest BCUT2D eigenvalue weighted by Crippen LogP contribution is -2.38. The van der Waals surface area contributed by atoms with Crippen molar-refractivity contribution in [3.05, 3.63) is 60.3 Å². The van der Waals surface area contributed by atoms with Crippen LogP contribution >= 0.6 is 0 Å². The van der Waals surface area contributed by atoms with Gasteiger partial charge < -0.3 is 10.1 Å². The lowest BCUT2D eigenvalue weighted by atomic mass is 9.91. The van der Waals surface area contributed by atoms with Crippen molar-refractivity contribution >= 4 is 5.91 Å². The number of aryl methyl sites for hydroxylation is 1. The molecule has 7 heteroatoms. The van der Waals surface area contributed by atoms with E-state index in [1.165, 1.54) is 0 Å². The van der Waals surface area contributed by atoms with E-state index in [-0.39, 0.29) is 11.9 Å². The molecular weight excluding hydrogens is 378 g/mol. The number of carbonyl (C=O) groups excluding carboxylic acids is 1. The van der Waals surface area contributed by atoms with Gasteiger partial charge in [-0.25, -0.2) is 0 Å². The SMILES string of the molecule is O=C(NC1CCC(n2cc(-c3cnccn3)cn2)CC1)c1ccc2c(c1)CCCO2. The van der Waals surface area contributed by atoms with Crippen LogP contribution in [0.3, 0.4) is 0 Å². The second kappa shape index (κ2) is 8.26. The largest absolute Gasteiger partial charge is 0.493 e. The minimum absolute atomic E-state index is 0.0100. The molecule has 154 valence electrons. The molecule has 1 aliphatic heterocycles. The van der Waals surface area contributed by atoms with E-state index in [4.69, 9.17) is 4.74 Å². The molecule has 1 N–H and O–H groups in total. The summed E-state index contributed by atoms with van der Waals surface area (Å²) in [6, 6.07) is 6.32. The van der Waals surface area contributed by atoms with Gasteiger partial charge in [-0.15, -0.1) is 0 Å². The molecule has 0 radical (unpaired) electrons. The molecule has 7 nitrogen and oxygen atoms in total. The minimum Gasteiger partial charge on any atom is -0.493 e. The van der Waals surface area contributed by atoms with Crippen molar-refractivity contribution in [1.82, 2.24) is 25.1 Å². The van der Waals surface area contributed by atoms with Gasteiger partial charge in [-0.1, -0.05) is 0 Å². The second-order valence-corrected chi connectivity index (χ2v) is 8.05. The highest BCUT2D eigenvalue weighted by atomic mass is 16.5. The van der Waals surface area contributed by atoms with Crippen molar-refractivity contribution in [2.45, 2.75) is 50.6 Å². The van der Waals surface area contributed by atoms with Crippen LogP contribution in [0.4, 0.5) is 0 Å². The van der Waals surface area contributed by atoms with Crippen LogP contribution < -0.4 is 10.1 Å². The van der Waals surface area contributed by atoms with Gasteiger partial charge in [0.1, 0.15) is 5.75 Å². The van der Waals surface area contributed by atoms with Crippen LogP contribution in [-0.4, -0.2) is 38.3 Å². The summed E-state index contributed by atoms with van der Waals surface area (Å²) in [5.74, 6) is 0.925. The summed E-state index contributed by atoms with van der Waals surface area (Å²) < 4.78 is 7.68. The molecule has 0 atom stereocenters. The van der Waals surface area contributed by atoms with E-state index in [1.807, 2.05) is 35.3 Å². The van der Waals surface area contributed by atoms with Crippen LogP contribution in [0.1, 0.15) is 54.1 Å². The Balaban J connectivity index is 1.17. The molecule has 5 rings (SSSR count). The maximum absolute atomic E-state index is 12.7. The number of aromatic nitrogens is 4. The zero-order chi connectivity index (χ0) is 20.3. The Labute approximate surface area is 175 Å². The Morgan fingerprint density at radius 3 is 2.87 bits per heavy atom. The normalized spacial score (nSPS) is 20.8. The molecule has 1 fully saturated rings. The number of fused-ring (bicyclic) bond motifs is 1. The summed E-state index contributed by atoms with van der Waals surface area (Å²) in [5, 5.41) is 7.76. The van der Waals surface area contributed by atoms with E-state index >= 15 is 0 Å². The van der Waals surface area contributed by atoms with Gasteiger partial charge in [-0.05, 0) is 62.3 Å². The highest BCUT2D eigenvalue weighted by Gasteiger charge is 2.25. The average Bonchev–Trinajstić information content (AvgIpc) is 3.30. The fraction of sp³-hybridized carbons (Fsp3) is 0.391. The van der Waals surface area contributed by atoms with Gasteiger partial charge in [0.25, 0.3) is 5.91 Å². The summed E-state index contributed by atoms with van der Waals surface area (Å²) in [5.41, 5.74) is 3.67. The monoisotopic (exact) mass is 403 g/mol. The van der Waals surface area contributed by atoms with Crippen molar-refractivity contribution in [3.63, 3.8) is 0 Å². The molecule has 0 bridgehead atoms. The zero-order valence-corrected chi connectivity index (χ0v) is 16.8. The third-order valence-corrected chi connectivity index (χ3v) is 6.04. The standard InChI is InChI=1S/C23H25N5O2/c29-23(17-3-8-22-16(12-17)2-1-11-30-22)27-19-4-6-20(7-5-19)28-15-18(13-26-28)21-14-24-9-10-25-21/h3,8-10,12-15,19-20H,1-2,4-7,11H2,(H,27,29). The van der Waals surface area contributed by atoms with E-state index in [0.29, 0.717) is 6.04 Å². The lowest BCUT2D eigenvalue weighted by molar-refractivity contribution is 0.0921. The Morgan fingerprint density at radius 2 is 2.03 bits per heavy atom. The average molecular weight is 403 g/mol. The fourth-order valence-electron chi connectivity index (χ4n) is 4.37. The van der Waals surface area contributed by atoms with Crippen molar-refractivity contribution in [2.24, 2.45) is 0 Å². The highest BCUT2D eigenvalue weighted by molar-refractivity contribution is 5.94. The number of hydrogen-bond acceptors (Lipinski definition) is 5. The predicted molar refractivity (Wildman–Crippen MR) is 112 cm³/mol. The van der Waals surface area contributed by atoms with Gasteiger partial charge in [-0.2, -0.15) is 5.10 Å². The number of hydrogen-bond donors (Lipinski definition) is 1. The Hall–Kier alpha value is -3.22. The molecule has 3 heterocycles. The highest BCUT2D eigenvalue weighted by Crippen LogP contribution is 2.30. The van der Waals surface area contributed by atoms with Crippen LogP contribution in [0.25, 0.3) is 11.3 Å². The first kappa shape index (κ1) is 18.8. The summed E-state index contributed by atoms with van der Waals surface area (Å²) in [6.07, 6.45) is 14.9. The third kappa shape index (κ3) is 3.92. The Kier molecular flexibility index (Phi) is 5.17. The maximum Gasteiger partial charge on any atom is 0.251 e. The maximum atomic E-state index is 12.7. The van der Waals surface area contributed by atoms with Crippen LogP contribution in [-0.2, 0) is 6.42 Å². The number of rotatable bonds is 4. The molecule has 1 aromatic carbocycles. The van der Waals surface area contributed by atoms with E-state index in [2.05, 4.69) is 20.4 Å². The molecule has 0 unspecified atom stereocenters. The quantitative estimate of drug-likeness (QED) is 0.720. The van der Waals surface area contributed by atoms with Crippen LogP contribution in [0.2, 0.25) is 0 Å². The van der Waals surface area contributed by atoms with E-state index in [9.17, 15) is 4.79 Å². The Bertz CT molecular complexity index is 1030. The third-order valence-electron chi connectivity index (χ3n) is 6.04. The van der Waals surface area contributed by atoms with Crippen molar-refractivity contribution < 1.29 is 9.53 Å². The molecule has 1 amide bonds. The molecule has 3 aromatic rings. The summed E-state index contributed by atoms with van der Waals surface area (Å²) in [6.45, 7) is 0.762. The number of nitrogens with one attached hydrogen (secondary N) is 1. The minimum atomic E-state index is 0.0100. The number of nitrogens with zero attached hydrogens (tertiary/aromatic N) is 4. The smallest absolute Gasteiger partial charge is 0.251 e. The van der Waals surface area contributed by atoms with Crippen molar-refractivity contribution in [2.75, 3.05) is 6.61 Å². The van der Waals surface area contributed by atoms with Gasteiger partial charge in [0.15, 0.2) is 0 Å². The van der Waals surface area contributed by atoms with E-state index in [0.717, 1.165) is 73.3 Å². The van der Waals surface area contributed by atoms with Gasteiger partial charge in [0.2, 0.25) is 0 Å². The molecule has 30 heavy (non-hydrogen) atoms. The number of carbonyl (C=O) groups is 1. The number of benzene rings is 1. The van der Waals surface area contributed by atoms with E-state index in [1.54, 1.807) is 18.6 Å². The molecule has 0 spiro atoms. The predicted octanol–water partition coefficient (Wildman–Crippen LogP) is 3.58. The van der Waals surface area contributed by atoms with Gasteiger partial charge >= 0.3 is 0 Å². The topological polar surface area (TPSA) is 81.9 Å². The molecular formula is C23H25N5O2.